The van der Waals surface area contributed by atoms with Crippen molar-refractivity contribution >= 4 is 11.8 Å². The number of carbonyl (C=O) groups is 2. The molecule has 3 heteroatoms. The number of aliphatic carboxylic acids is 1. The molecule has 0 spiro atoms. The van der Waals surface area contributed by atoms with Crippen LogP contribution in [0.1, 0.15) is 64.7 Å². The molecule has 0 amide bonds. The molecule has 0 saturated carbocycles. The third-order valence-corrected chi connectivity index (χ3v) is 3.02. The maximum Gasteiger partial charge on any atom is 0.303 e. The summed E-state index contributed by atoms with van der Waals surface area (Å²) in [4.78, 5) is 21.6. The zero-order chi connectivity index (χ0) is 15.8. The highest BCUT2D eigenvalue weighted by Crippen LogP contribution is 2.05. The van der Waals surface area contributed by atoms with Crippen molar-refractivity contribution in [2.45, 2.75) is 64.7 Å². The summed E-state index contributed by atoms with van der Waals surface area (Å²) in [6.07, 6.45) is 19.4. The van der Waals surface area contributed by atoms with Crippen LogP contribution in [0.5, 0.6) is 0 Å². The Balaban J connectivity index is 3.47. The Morgan fingerprint density at radius 3 is 2.00 bits per heavy atom. The highest BCUT2D eigenvalue weighted by molar-refractivity contribution is 5.82. The maximum absolute atomic E-state index is 11.3. The van der Waals surface area contributed by atoms with Crippen molar-refractivity contribution in [2.24, 2.45) is 0 Å². The van der Waals surface area contributed by atoms with Gasteiger partial charge in [0.05, 0.1) is 6.42 Å². The number of allylic oxidation sites excluding steroid dienone is 6. The van der Waals surface area contributed by atoms with E-state index in [-0.39, 0.29) is 18.6 Å². The fourth-order valence-corrected chi connectivity index (χ4v) is 1.76. The Bertz CT molecular complexity index is 365. The van der Waals surface area contributed by atoms with Crippen LogP contribution in [-0.4, -0.2) is 16.9 Å². The van der Waals surface area contributed by atoms with Crippen LogP contribution in [0.4, 0.5) is 0 Å². The minimum atomic E-state index is -0.901. The van der Waals surface area contributed by atoms with E-state index >= 15 is 0 Å². The smallest absolute Gasteiger partial charge is 0.303 e. The summed E-state index contributed by atoms with van der Waals surface area (Å²) >= 11 is 0. The highest BCUT2D eigenvalue weighted by Gasteiger charge is 2.04. The first-order chi connectivity index (χ1) is 10.2. The molecular weight excluding hydrogens is 264 g/mol. The van der Waals surface area contributed by atoms with Gasteiger partial charge < -0.3 is 5.11 Å². The first-order valence-corrected chi connectivity index (χ1v) is 7.88. The summed E-state index contributed by atoms with van der Waals surface area (Å²) in [5.41, 5.74) is 0. The number of carboxylic acid groups (broad SMARTS) is 1. The molecule has 1 N–H and O–H groups in total. The summed E-state index contributed by atoms with van der Waals surface area (Å²) in [5.74, 6) is -0.847. The van der Waals surface area contributed by atoms with Crippen LogP contribution in [-0.2, 0) is 9.59 Å². The molecule has 21 heavy (non-hydrogen) atoms. The molecule has 3 nitrogen and oxygen atoms in total. The van der Waals surface area contributed by atoms with Gasteiger partial charge >= 0.3 is 5.97 Å². The Morgan fingerprint density at radius 2 is 1.43 bits per heavy atom. The maximum atomic E-state index is 11.3. The van der Waals surface area contributed by atoms with Crippen molar-refractivity contribution < 1.29 is 14.7 Å². The lowest BCUT2D eigenvalue weighted by Crippen LogP contribution is -2.02. The van der Waals surface area contributed by atoms with Crippen molar-refractivity contribution in [2.75, 3.05) is 0 Å². The zero-order valence-electron chi connectivity index (χ0n) is 13.1. The molecule has 0 rings (SSSR count). The van der Waals surface area contributed by atoms with Gasteiger partial charge in [-0.2, -0.15) is 0 Å². The summed E-state index contributed by atoms with van der Waals surface area (Å²) in [6, 6.07) is 0. The Hall–Kier alpha value is -1.64. The van der Waals surface area contributed by atoms with Crippen LogP contribution < -0.4 is 0 Å². The van der Waals surface area contributed by atoms with Gasteiger partial charge in [-0.25, -0.2) is 0 Å². The molecule has 0 fully saturated rings. The van der Waals surface area contributed by atoms with E-state index in [9.17, 15) is 9.59 Å². The van der Waals surface area contributed by atoms with Gasteiger partial charge in [-0.15, -0.1) is 0 Å². The summed E-state index contributed by atoms with van der Waals surface area (Å²) < 4.78 is 0. The quantitative estimate of drug-likeness (QED) is 0.390. The number of rotatable bonds is 13. The monoisotopic (exact) mass is 292 g/mol. The molecule has 0 unspecified atom stereocenters. The van der Waals surface area contributed by atoms with Gasteiger partial charge in [0.25, 0.3) is 0 Å². The lowest BCUT2D eigenvalue weighted by molar-refractivity contribution is -0.138. The minimum Gasteiger partial charge on any atom is -0.481 e. The molecule has 0 aromatic heterocycles. The van der Waals surface area contributed by atoms with E-state index in [2.05, 4.69) is 25.2 Å². The standard InChI is InChI=1S/C18H28O3/c1-2-3-4-5-6-7-8-9-10-11-12-13-14-17(19)15-16-18(20)21/h5-10H,2-4,11-16H2,1H3,(H,20,21)/b6-5+,8-7+,10-9+. The predicted molar refractivity (Wildman–Crippen MR) is 87.3 cm³/mol. The lowest BCUT2D eigenvalue weighted by atomic mass is 10.1. The number of carboxylic acids is 1. The molecule has 0 atom stereocenters. The van der Waals surface area contributed by atoms with Gasteiger partial charge in [-0.1, -0.05) is 56.2 Å². The van der Waals surface area contributed by atoms with Gasteiger partial charge in [0.2, 0.25) is 0 Å². The summed E-state index contributed by atoms with van der Waals surface area (Å²) in [5, 5.41) is 8.46. The van der Waals surface area contributed by atoms with Crippen LogP contribution >= 0.6 is 0 Å². The van der Waals surface area contributed by atoms with Crippen molar-refractivity contribution in [1.82, 2.24) is 0 Å². The fraction of sp³-hybridized carbons (Fsp3) is 0.556. The molecular formula is C18H28O3. The van der Waals surface area contributed by atoms with Crippen molar-refractivity contribution in [3.05, 3.63) is 36.5 Å². The van der Waals surface area contributed by atoms with E-state index in [1.165, 1.54) is 12.8 Å². The number of ketones is 1. The van der Waals surface area contributed by atoms with Crippen molar-refractivity contribution in [3.63, 3.8) is 0 Å². The van der Waals surface area contributed by atoms with E-state index in [1.807, 2.05) is 18.2 Å². The van der Waals surface area contributed by atoms with Crippen LogP contribution in [0.15, 0.2) is 36.5 Å². The largest absolute Gasteiger partial charge is 0.481 e. The SMILES string of the molecule is CCCC/C=C/C=C/C=C/CCCCC(=O)CCC(=O)O. The summed E-state index contributed by atoms with van der Waals surface area (Å²) in [7, 11) is 0. The zero-order valence-corrected chi connectivity index (χ0v) is 13.1. The van der Waals surface area contributed by atoms with Crippen LogP contribution in [0.3, 0.4) is 0 Å². The van der Waals surface area contributed by atoms with E-state index in [4.69, 9.17) is 5.11 Å². The fourth-order valence-electron chi connectivity index (χ4n) is 1.76. The van der Waals surface area contributed by atoms with Crippen LogP contribution in [0.25, 0.3) is 0 Å². The van der Waals surface area contributed by atoms with Gasteiger partial charge in [-0.3, -0.25) is 9.59 Å². The van der Waals surface area contributed by atoms with Gasteiger partial charge in [-0.05, 0) is 25.7 Å². The third kappa shape index (κ3) is 16.3. The second-order valence-corrected chi connectivity index (χ2v) is 5.06. The number of unbranched alkanes of at least 4 members (excludes halogenated alkanes) is 4. The summed E-state index contributed by atoms with van der Waals surface area (Å²) in [6.45, 7) is 2.19. The average molecular weight is 292 g/mol. The lowest BCUT2D eigenvalue weighted by Gasteiger charge is -1.97. The number of hydrogen-bond acceptors (Lipinski definition) is 2. The van der Waals surface area contributed by atoms with Crippen LogP contribution in [0.2, 0.25) is 0 Å². The minimum absolute atomic E-state index is 0.0463. The molecule has 0 bridgehead atoms. The Kier molecular flexibility index (Phi) is 13.6. The van der Waals surface area contributed by atoms with Crippen LogP contribution in [0, 0.1) is 0 Å². The molecule has 0 saturated heterocycles. The van der Waals surface area contributed by atoms with Crippen molar-refractivity contribution in [1.29, 1.82) is 0 Å². The first-order valence-electron chi connectivity index (χ1n) is 7.88. The molecule has 0 aliphatic rings. The molecule has 0 aliphatic heterocycles. The van der Waals surface area contributed by atoms with Gasteiger partial charge in [0, 0.05) is 12.8 Å². The number of hydrogen-bond donors (Lipinski definition) is 1. The van der Waals surface area contributed by atoms with E-state index in [0.717, 1.165) is 25.7 Å². The Labute approximate surface area is 128 Å². The Morgan fingerprint density at radius 1 is 0.810 bits per heavy atom. The number of Topliss-reactive ketones (excluding diaryl/α,β-unsaturated/α-hetero) is 1. The second kappa shape index (κ2) is 14.8. The topological polar surface area (TPSA) is 54.4 Å². The van der Waals surface area contributed by atoms with E-state index in [0.29, 0.717) is 6.42 Å². The second-order valence-electron chi connectivity index (χ2n) is 5.06. The van der Waals surface area contributed by atoms with Crippen molar-refractivity contribution in [3.8, 4) is 0 Å². The molecule has 0 aromatic rings. The third-order valence-electron chi connectivity index (χ3n) is 3.02. The van der Waals surface area contributed by atoms with Gasteiger partial charge in [0.1, 0.15) is 5.78 Å². The molecule has 0 aromatic carbocycles. The predicted octanol–water partition coefficient (Wildman–Crippen LogP) is 4.84. The highest BCUT2D eigenvalue weighted by atomic mass is 16.4. The molecule has 0 aliphatic carbocycles. The van der Waals surface area contributed by atoms with E-state index < -0.39 is 5.97 Å². The number of carbonyl (C=O) groups excluding carboxylic acids is 1. The first kappa shape index (κ1) is 19.4. The normalized spacial score (nSPS) is 11.9. The average Bonchev–Trinajstić information content (AvgIpc) is 2.46. The molecule has 118 valence electrons. The van der Waals surface area contributed by atoms with Gasteiger partial charge in [0.15, 0.2) is 0 Å². The molecule has 0 heterocycles. The van der Waals surface area contributed by atoms with E-state index in [1.54, 1.807) is 0 Å². The molecule has 0 radical (unpaired) electrons.